The molecule has 1 heterocycles. The minimum absolute atomic E-state index is 0.0979. The number of benzene rings is 2. The van der Waals surface area contributed by atoms with Gasteiger partial charge in [0.15, 0.2) is 6.61 Å². The minimum Gasteiger partial charge on any atom is -0.483 e. The number of nitrogens with one attached hydrogen (secondary N) is 2. The highest BCUT2D eigenvalue weighted by molar-refractivity contribution is 6.09. The highest BCUT2D eigenvalue weighted by Crippen LogP contribution is 2.25. The maximum atomic E-state index is 12.6. The fourth-order valence-corrected chi connectivity index (χ4v) is 2.74. The SMILES string of the molecule is CC(=O)Nc1ccccc1OCC(=O)c1c(C)[nH]c2ccccc12. The summed E-state index contributed by atoms with van der Waals surface area (Å²) in [5.41, 5.74) is 2.94. The Kier molecular flexibility index (Phi) is 4.33. The first-order chi connectivity index (χ1) is 11.6. The fourth-order valence-electron chi connectivity index (χ4n) is 2.74. The van der Waals surface area contributed by atoms with Crippen LogP contribution in [0.25, 0.3) is 10.9 Å². The van der Waals surface area contributed by atoms with Gasteiger partial charge in [-0.05, 0) is 25.1 Å². The molecule has 0 saturated heterocycles. The van der Waals surface area contributed by atoms with Crippen molar-refractivity contribution < 1.29 is 14.3 Å². The van der Waals surface area contributed by atoms with Gasteiger partial charge >= 0.3 is 0 Å². The summed E-state index contributed by atoms with van der Waals surface area (Å²) in [5.74, 6) is 0.172. The lowest BCUT2D eigenvalue weighted by molar-refractivity contribution is -0.114. The molecule has 24 heavy (non-hydrogen) atoms. The average Bonchev–Trinajstić information content (AvgIpc) is 2.89. The van der Waals surface area contributed by atoms with Crippen LogP contribution in [0.15, 0.2) is 48.5 Å². The number of amides is 1. The monoisotopic (exact) mass is 322 g/mol. The molecule has 0 unspecified atom stereocenters. The van der Waals surface area contributed by atoms with Crippen LogP contribution < -0.4 is 10.1 Å². The van der Waals surface area contributed by atoms with Crippen molar-refractivity contribution in [2.45, 2.75) is 13.8 Å². The summed E-state index contributed by atoms with van der Waals surface area (Å²) in [7, 11) is 0. The number of ether oxygens (including phenoxy) is 1. The first-order valence-electron chi connectivity index (χ1n) is 7.66. The first-order valence-corrected chi connectivity index (χ1v) is 7.66. The van der Waals surface area contributed by atoms with Gasteiger partial charge in [-0.2, -0.15) is 0 Å². The number of rotatable bonds is 5. The molecule has 0 atom stereocenters. The number of carbonyl (C=O) groups is 2. The van der Waals surface area contributed by atoms with Gasteiger partial charge in [0.05, 0.1) is 5.69 Å². The molecule has 122 valence electrons. The van der Waals surface area contributed by atoms with Gasteiger partial charge in [-0.15, -0.1) is 0 Å². The van der Waals surface area contributed by atoms with Crippen molar-refractivity contribution in [3.05, 3.63) is 59.8 Å². The van der Waals surface area contributed by atoms with Gasteiger partial charge in [0.2, 0.25) is 11.7 Å². The largest absolute Gasteiger partial charge is 0.483 e. The Balaban J connectivity index is 1.81. The highest BCUT2D eigenvalue weighted by Gasteiger charge is 2.17. The molecule has 2 aromatic carbocycles. The summed E-state index contributed by atoms with van der Waals surface area (Å²) < 4.78 is 5.65. The van der Waals surface area contributed by atoms with Crippen LogP contribution in [0.1, 0.15) is 23.0 Å². The van der Waals surface area contributed by atoms with Gasteiger partial charge in [0.25, 0.3) is 0 Å². The third-order valence-corrected chi connectivity index (χ3v) is 3.73. The van der Waals surface area contributed by atoms with E-state index in [0.29, 0.717) is 17.0 Å². The van der Waals surface area contributed by atoms with Crippen LogP contribution in [-0.4, -0.2) is 23.3 Å². The van der Waals surface area contributed by atoms with Gasteiger partial charge in [-0.1, -0.05) is 30.3 Å². The van der Waals surface area contributed by atoms with E-state index in [1.807, 2.05) is 31.2 Å². The molecule has 0 aliphatic heterocycles. The molecule has 1 amide bonds. The van der Waals surface area contributed by atoms with E-state index in [9.17, 15) is 9.59 Å². The lowest BCUT2D eigenvalue weighted by Crippen LogP contribution is -2.14. The number of H-pyrrole nitrogens is 1. The number of hydrogen-bond acceptors (Lipinski definition) is 3. The van der Waals surface area contributed by atoms with E-state index >= 15 is 0 Å². The number of fused-ring (bicyclic) bond motifs is 1. The van der Waals surface area contributed by atoms with Crippen molar-refractivity contribution in [3.8, 4) is 5.75 Å². The highest BCUT2D eigenvalue weighted by atomic mass is 16.5. The normalized spacial score (nSPS) is 10.6. The zero-order valence-electron chi connectivity index (χ0n) is 13.6. The zero-order chi connectivity index (χ0) is 17.1. The molecular formula is C19H18N2O3. The van der Waals surface area contributed by atoms with Crippen LogP contribution in [0.5, 0.6) is 5.75 Å². The van der Waals surface area contributed by atoms with Crippen molar-refractivity contribution in [3.63, 3.8) is 0 Å². The number of aryl methyl sites for hydroxylation is 1. The molecule has 2 N–H and O–H groups in total. The maximum Gasteiger partial charge on any atom is 0.221 e. The van der Waals surface area contributed by atoms with Crippen molar-refractivity contribution in [2.75, 3.05) is 11.9 Å². The molecule has 0 aliphatic rings. The predicted octanol–water partition coefficient (Wildman–Crippen LogP) is 3.70. The number of ketones is 1. The smallest absolute Gasteiger partial charge is 0.221 e. The maximum absolute atomic E-state index is 12.6. The van der Waals surface area contributed by atoms with Crippen LogP contribution in [0.3, 0.4) is 0 Å². The van der Waals surface area contributed by atoms with Gasteiger partial charge in [-0.25, -0.2) is 0 Å². The second-order valence-electron chi connectivity index (χ2n) is 5.56. The first kappa shape index (κ1) is 15.8. The summed E-state index contributed by atoms with van der Waals surface area (Å²) >= 11 is 0. The number of hydrogen-bond donors (Lipinski definition) is 2. The Morgan fingerprint density at radius 1 is 1.08 bits per heavy atom. The van der Waals surface area contributed by atoms with E-state index in [4.69, 9.17) is 4.74 Å². The second-order valence-corrected chi connectivity index (χ2v) is 5.56. The Bertz CT molecular complexity index is 912. The van der Waals surface area contributed by atoms with Crippen molar-refractivity contribution in [2.24, 2.45) is 0 Å². The topological polar surface area (TPSA) is 71.2 Å². The zero-order valence-corrected chi connectivity index (χ0v) is 13.6. The molecular weight excluding hydrogens is 304 g/mol. The van der Waals surface area contributed by atoms with E-state index < -0.39 is 0 Å². The molecule has 5 nitrogen and oxygen atoms in total. The number of anilines is 1. The number of aromatic nitrogens is 1. The van der Waals surface area contributed by atoms with Crippen LogP contribution in [0.4, 0.5) is 5.69 Å². The molecule has 1 aromatic heterocycles. The van der Waals surface area contributed by atoms with Crippen molar-refractivity contribution in [1.29, 1.82) is 0 Å². The summed E-state index contributed by atoms with van der Waals surface area (Å²) in [5, 5.41) is 3.58. The predicted molar refractivity (Wildman–Crippen MR) is 93.6 cm³/mol. The number of Topliss-reactive ketones (excluding diaryl/α,β-unsaturated/α-hetero) is 1. The Morgan fingerprint density at radius 3 is 2.58 bits per heavy atom. The molecule has 0 aliphatic carbocycles. The summed E-state index contributed by atoms with van der Waals surface area (Å²) in [4.78, 5) is 27.1. The molecule has 0 radical (unpaired) electrons. The lowest BCUT2D eigenvalue weighted by Gasteiger charge is -2.11. The van der Waals surface area contributed by atoms with Crippen LogP contribution in [0, 0.1) is 6.92 Å². The molecule has 0 spiro atoms. The minimum atomic E-state index is -0.190. The second kappa shape index (κ2) is 6.58. The summed E-state index contributed by atoms with van der Waals surface area (Å²) in [6.45, 7) is 3.20. The third-order valence-electron chi connectivity index (χ3n) is 3.73. The Hall–Kier alpha value is -3.08. The van der Waals surface area contributed by atoms with Crippen LogP contribution in [0.2, 0.25) is 0 Å². The summed E-state index contributed by atoms with van der Waals surface area (Å²) in [6, 6.07) is 14.7. The molecule has 0 bridgehead atoms. The average molecular weight is 322 g/mol. The standard InChI is InChI=1S/C19H18N2O3/c1-12-19(14-7-3-4-8-15(14)20-12)17(23)11-24-18-10-6-5-9-16(18)21-13(2)22/h3-10,20H,11H2,1-2H3,(H,21,22). The van der Waals surface area contributed by atoms with Crippen molar-refractivity contribution >= 4 is 28.3 Å². The molecule has 0 fully saturated rings. The van der Waals surface area contributed by atoms with E-state index in [1.54, 1.807) is 24.3 Å². The van der Waals surface area contributed by atoms with Crippen LogP contribution in [-0.2, 0) is 4.79 Å². The van der Waals surface area contributed by atoms with Gasteiger partial charge in [0, 0.05) is 29.1 Å². The Morgan fingerprint density at radius 2 is 1.79 bits per heavy atom. The molecule has 3 rings (SSSR count). The van der Waals surface area contributed by atoms with E-state index in [0.717, 1.165) is 16.6 Å². The fraction of sp³-hybridized carbons (Fsp3) is 0.158. The van der Waals surface area contributed by atoms with Gasteiger partial charge in [0.1, 0.15) is 5.75 Å². The lowest BCUT2D eigenvalue weighted by atomic mass is 10.1. The number of para-hydroxylation sites is 3. The van der Waals surface area contributed by atoms with Crippen LogP contribution >= 0.6 is 0 Å². The van der Waals surface area contributed by atoms with Gasteiger partial charge < -0.3 is 15.0 Å². The van der Waals surface area contributed by atoms with E-state index in [-0.39, 0.29) is 18.3 Å². The quantitative estimate of drug-likeness (QED) is 0.704. The van der Waals surface area contributed by atoms with Gasteiger partial charge in [-0.3, -0.25) is 9.59 Å². The molecule has 5 heteroatoms. The third kappa shape index (κ3) is 3.15. The molecule has 0 saturated carbocycles. The molecule has 3 aromatic rings. The van der Waals surface area contributed by atoms with E-state index in [1.165, 1.54) is 6.92 Å². The Labute approximate surface area is 139 Å². The summed E-state index contributed by atoms with van der Waals surface area (Å²) in [6.07, 6.45) is 0. The van der Waals surface area contributed by atoms with E-state index in [2.05, 4.69) is 10.3 Å². The number of carbonyl (C=O) groups excluding carboxylic acids is 2. The van der Waals surface area contributed by atoms with Crippen molar-refractivity contribution in [1.82, 2.24) is 4.98 Å². The number of aromatic amines is 1.